The van der Waals surface area contributed by atoms with Crippen LogP contribution in [0.4, 0.5) is 13.2 Å². The lowest BCUT2D eigenvalue weighted by Gasteiger charge is -2.08. The quantitative estimate of drug-likeness (QED) is 0.777. The molecule has 0 atom stereocenters. The monoisotopic (exact) mass is 307 g/mol. The average molecular weight is 308 g/mol. The third-order valence-corrected chi connectivity index (χ3v) is 3.42. The van der Waals surface area contributed by atoms with Gasteiger partial charge < -0.3 is 9.30 Å². The third-order valence-electron chi connectivity index (χ3n) is 2.61. The molecule has 0 saturated carbocycles. The Bertz CT molecular complexity index is 574. The highest BCUT2D eigenvalue weighted by molar-refractivity contribution is 9.10. The number of benzene rings is 1. The summed E-state index contributed by atoms with van der Waals surface area (Å²) < 4.78 is 44.7. The van der Waals surface area contributed by atoms with E-state index >= 15 is 0 Å². The lowest BCUT2D eigenvalue weighted by molar-refractivity contribution is -0.143. The van der Waals surface area contributed by atoms with Crippen LogP contribution in [-0.4, -0.2) is 11.7 Å². The number of methoxy groups -OCH3 is 1. The van der Waals surface area contributed by atoms with Crippen LogP contribution in [0, 0.1) is 0 Å². The zero-order valence-electron chi connectivity index (χ0n) is 9.10. The molecule has 0 radical (unpaired) electrons. The van der Waals surface area contributed by atoms with Crippen LogP contribution in [0.15, 0.2) is 22.7 Å². The number of aryl methyl sites for hydroxylation is 1. The first-order valence-corrected chi connectivity index (χ1v) is 5.54. The predicted octanol–water partition coefficient (Wildman–Crippen LogP) is 3.97. The van der Waals surface area contributed by atoms with Gasteiger partial charge in [-0.2, -0.15) is 13.2 Å². The summed E-state index contributed by atoms with van der Waals surface area (Å²) in [5.41, 5.74) is -0.189. The molecule has 0 spiro atoms. The van der Waals surface area contributed by atoms with Gasteiger partial charge in [-0.25, -0.2) is 0 Å². The number of alkyl halides is 3. The molecule has 92 valence electrons. The molecule has 0 fully saturated rings. The van der Waals surface area contributed by atoms with Crippen LogP contribution < -0.4 is 4.74 Å². The van der Waals surface area contributed by atoms with Crippen molar-refractivity contribution in [3.63, 3.8) is 0 Å². The zero-order chi connectivity index (χ0) is 12.8. The van der Waals surface area contributed by atoms with Crippen LogP contribution in [0.25, 0.3) is 10.9 Å². The summed E-state index contributed by atoms with van der Waals surface area (Å²) in [4.78, 5) is 0. The van der Waals surface area contributed by atoms with Crippen LogP contribution in [-0.2, 0) is 13.2 Å². The van der Waals surface area contributed by atoms with Crippen LogP contribution >= 0.6 is 15.9 Å². The summed E-state index contributed by atoms with van der Waals surface area (Å²) in [6, 6.07) is 4.82. The van der Waals surface area contributed by atoms with Gasteiger partial charge in [0.15, 0.2) is 0 Å². The number of fused-ring (bicyclic) bond motifs is 1. The molecule has 1 aromatic heterocycles. The van der Waals surface area contributed by atoms with Crippen LogP contribution in [0.2, 0.25) is 0 Å². The predicted molar refractivity (Wildman–Crippen MR) is 62.2 cm³/mol. The van der Waals surface area contributed by atoms with Crippen molar-refractivity contribution < 1.29 is 17.9 Å². The minimum Gasteiger partial charge on any atom is -0.497 e. The molecule has 0 aliphatic carbocycles. The number of halogens is 4. The van der Waals surface area contributed by atoms with E-state index in [2.05, 4.69) is 15.9 Å². The van der Waals surface area contributed by atoms with E-state index in [1.165, 1.54) is 14.2 Å². The second-order valence-corrected chi connectivity index (χ2v) is 4.40. The van der Waals surface area contributed by atoms with Crippen LogP contribution in [0.5, 0.6) is 5.75 Å². The van der Waals surface area contributed by atoms with Crippen molar-refractivity contribution in [2.24, 2.45) is 7.05 Å². The second-order valence-electron chi connectivity index (χ2n) is 3.60. The van der Waals surface area contributed by atoms with E-state index in [9.17, 15) is 13.2 Å². The maximum atomic E-state index is 12.8. The van der Waals surface area contributed by atoms with Crippen molar-refractivity contribution in [3.8, 4) is 5.75 Å². The highest BCUT2D eigenvalue weighted by Crippen LogP contribution is 2.41. The van der Waals surface area contributed by atoms with Gasteiger partial charge in [-0.05, 0) is 34.1 Å². The van der Waals surface area contributed by atoms with E-state index in [1.54, 1.807) is 18.2 Å². The molecule has 0 bridgehead atoms. The maximum absolute atomic E-state index is 12.8. The SMILES string of the molecule is COc1ccc2c(c1)c(Br)c(C(F)(F)F)n2C. The summed E-state index contributed by atoms with van der Waals surface area (Å²) >= 11 is 3.01. The highest BCUT2D eigenvalue weighted by atomic mass is 79.9. The Hall–Kier alpha value is -1.17. The van der Waals surface area contributed by atoms with E-state index in [1.807, 2.05) is 0 Å². The molecular formula is C11H9BrF3NO. The van der Waals surface area contributed by atoms with Crippen molar-refractivity contribution in [3.05, 3.63) is 28.4 Å². The van der Waals surface area contributed by atoms with Crippen molar-refractivity contribution in [1.82, 2.24) is 4.57 Å². The lowest BCUT2D eigenvalue weighted by atomic mass is 10.2. The van der Waals surface area contributed by atoms with E-state index in [0.717, 1.165) is 4.57 Å². The number of hydrogen-bond acceptors (Lipinski definition) is 1. The Morgan fingerprint density at radius 1 is 1.29 bits per heavy atom. The Morgan fingerprint density at radius 2 is 1.94 bits per heavy atom. The standard InChI is InChI=1S/C11H9BrF3NO/c1-16-8-4-3-6(17-2)5-7(8)9(12)10(16)11(13,14)15/h3-5H,1-2H3. The van der Waals surface area contributed by atoms with Crippen molar-refractivity contribution in [2.45, 2.75) is 6.18 Å². The Kier molecular flexibility index (Phi) is 2.85. The van der Waals surface area contributed by atoms with E-state index in [0.29, 0.717) is 16.7 Å². The summed E-state index contributed by atoms with van der Waals surface area (Å²) in [5, 5.41) is 0.485. The molecule has 1 aromatic carbocycles. The normalized spacial score (nSPS) is 12.1. The number of hydrogen-bond donors (Lipinski definition) is 0. The average Bonchev–Trinajstić information content (AvgIpc) is 2.50. The summed E-state index contributed by atoms with van der Waals surface area (Å²) in [5.74, 6) is 0.525. The van der Waals surface area contributed by atoms with Gasteiger partial charge in [-0.1, -0.05) is 0 Å². The fourth-order valence-electron chi connectivity index (χ4n) is 1.82. The lowest BCUT2D eigenvalue weighted by Crippen LogP contribution is -2.11. The summed E-state index contributed by atoms with van der Waals surface area (Å²) in [7, 11) is 2.87. The van der Waals surface area contributed by atoms with Gasteiger partial charge in [-0.15, -0.1) is 0 Å². The molecule has 0 aliphatic rings. The molecule has 2 nitrogen and oxygen atoms in total. The fourth-order valence-corrected chi connectivity index (χ4v) is 2.63. The number of ether oxygens (including phenoxy) is 1. The molecule has 0 N–H and O–H groups in total. The maximum Gasteiger partial charge on any atom is 0.432 e. The van der Waals surface area contributed by atoms with Gasteiger partial charge in [-0.3, -0.25) is 0 Å². The van der Waals surface area contributed by atoms with E-state index in [4.69, 9.17) is 4.74 Å². The molecule has 0 amide bonds. The zero-order valence-corrected chi connectivity index (χ0v) is 10.7. The molecule has 0 unspecified atom stereocenters. The van der Waals surface area contributed by atoms with Crippen molar-refractivity contribution in [2.75, 3.05) is 7.11 Å². The molecule has 2 aromatic rings. The smallest absolute Gasteiger partial charge is 0.432 e. The first-order chi connectivity index (χ1) is 7.86. The molecule has 0 saturated heterocycles. The Balaban J connectivity index is 2.81. The molecule has 2 rings (SSSR count). The largest absolute Gasteiger partial charge is 0.497 e. The number of aromatic nitrogens is 1. The third kappa shape index (κ3) is 1.90. The van der Waals surface area contributed by atoms with Gasteiger partial charge in [0.25, 0.3) is 0 Å². The van der Waals surface area contributed by atoms with Crippen LogP contribution in [0.1, 0.15) is 5.69 Å². The Morgan fingerprint density at radius 3 is 2.47 bits per heavy atom. The molecular weight excluding hydrogens is 299 g/mol. The van der Waals surface area contributed by atoms with Crippen molar-refractivity contribution >= 4 is 26.8 Å². The minimum absolute atomic E-state index is 0.0430. The topological polar surface area (TPSA) is 14.2 Å². The summed E-state index contributed by atoms with van der Waals surface area (Å²) in [6.45, 7) is 0. The van der Waals surface area contributed by atoms with Gasteiger partial charge in [0.05, 0.1) is 11.6 Å². The molecule has 1 heterocycles. The van der Waals surface area contributed by atoms with E-state index < -0.39 is 11.9 Å². The van der Waals surface area contributed by atoms with Gasteiger partial charge >= 0.3 is 6.18 Å². The van der Waals surface area contributed by atoms with Gasteiger partial charge in [0, 0.05) is 18.0 Å². The first kappa shape index (κ1) is 12.3. The van der Waals surface area contributed by atoms with Gasteiger partial charge in [0.2, 0.25) is 0 Å². The minimum atomic E-state index is -4.39. The molecule has 0 aliphatic heterocycles. The molecule has 6 heteroatoms. The first-order valence-electron chi connectivity index (χ1n) is 4.75. The fraction of sp³-hybridized carbons (Fsp3) is 0.273. The van der Waals surface area contributed by atoms with Gasteiger partial charge in [0.1, 0.15) is 11.4 Å². The number of nitrogens with zero attached hydrogens (tertiary/aromatic N) is 1. The Labute approximate surface area is 104 Å². The summed E-state index contributed by atoms with van der Waals surface area (Å²) in [6.07, 6.45) is -4.39. The van der Waals surface area contributed by atoms with E-state index in [-0.39, 0.29) is 4.47 Å². The number of rotatable bonds is 1. The van der Waals surface area contributed by atoms with Crippen LogP contribution in [0.3, 0.4) is 0 Å². The molecule has 17 heavy (non-hydrogen) atoms. The highest BCUT2D eigenvalue weighted by Gasteiger charge is 2.37. The van der Waals surface area contributed by atoms with Crippen molar-refractivity contribution in [1.29, 1.82) is 0 Å². The second kappa shape index (κ2) is 3.94.